The normalized spacial score (nSPS) is 12.1. The molecule has 9 heteroatoms. The van der Waals surface area contributed by atoms with Gasteiger partial charge in [0.2, 0.25) is 5.91 Å². The Morgan fingerprint density at radius 2 is 2.10 bits per heavy atom. The molecule has 0 saturated heterocycles. The second-order valence-electron chi connectivity index (χ2n) is 4.56. The summed E-state index contributed by atoms with van der Waals surface area (Å²) in [7, 11) is 0. The molecule has 2 aromatic heterocycles. The number of aromatic amines is 1. The minimum Gasteiger partial charge on any atom is -0.355 e. The highest BCUT2D eigenvalue weighted by Crippen LogP contribution is 2.19. The fourth-order valence-electron chi connectivity index (χ4n) is 1.69. The fourth-order valence-corrected chi connectivity index (χ4v) is 2.59. The molecule has 2 heterocycles. The van der Waals surface area contributed by atoms with E-state index in [2.05, 4.69) is 35.9 Å². The van der Waals surface area contributed by atoms with E-state index in [0.29, 0.717) is 23.9 Å². The smallest absolute Gasteiger partial charge is 0.233 e. The van der Waals surface area contributed by atoms with Crippen molar-refractivity contribution in [3.05, 3.63) is 23.3 Å². The number of amides is 1. The largest absolute Gasteiger partial charge is 0.355 e. The van der Waals surface area contributed by atoms with Crippen LogP contribution in [0.15, 0.2) is 11.2 Å². The summed E-state index contributed by atoms with van der Waals surface area (Å²) in [5.41, 5.74) is 1.80. The van der Waals surface area contributed by atoms with Crippen LogP contribution >= 0.6 is 11.8 Å². The molecule has 112 valence electrons. The van der Waals surface area contributed by atoms with Crippen LogP contribution in [0.2, 0.25) is 0 Å². The SMILES string of the molecule is Cc1cc(C)nc(S[C@H](C)C(=O)NCCc2nn[nH]n2)n1. The van der Waals surface area contributed by atoms with E-state index in [1.54, 1.807) is 0 Å². The number of nitrogens with zero attached hydrogens (tertiary/aromatic N) is 5. The third kappa shape index (κ3) is 4.78. The zero-order valence-electron chi connectivity index (χ0n) is 12.1. The number of carbonyl (C=O) groups is 1. The van der Waals surface area contributed by atoms with Gasteiger partial charge in [0.15, 0.2) is 11.0 Å². The highest BCUT2D eigenvalue weighted by atomic mass is 32.2. The van der Waals surface area contributed by atoms with Crippen molar-refractivity contribution < 1.29 is 4.79 Å². The van der Waals surface area contributed by atoms with E-state index in [9.17, 15) is 4.79 Å². The molecule has 0 aromatic carbocycles. The van der Waals surface area contributed by atoms with E-state index in [1.807, 2.05) is 26.8 Å². The van der Waals surface area contributed by atoms with Crippen LogP contribution in [-0.2, 0) is 11.2 Å². The van der Waals surface area contributed by atoms with Gasteiger partial charge in [-0.05, 0) is 26.8 Å². The fraction of sp³-hybridized carbons (Fsp3) is 0.500. The van der Waals surface area contributed by atoms with Crippen molar-refractivity contribution in [1.29, 1.82) is 0 Å². The van der Waals surface area contributed by atoms with E-state index in [0.717, 1.165) is 11.4 Å². The number of H-pyrrole nitrogens is 1. The number of tetrazole rings is 1. The van der Waals surface area contributed by atoms with Crippen molar-refractivity contribution >= 4 is 17.7 Å². The minimum atomic E-state index is -0.267. The van der Waals surface area contributed by atoms with Gasteiger partial charge < -0.3 is 5.32 Å². The third-order valence-corrected chi connectivity index (χ3v) is 3.61. The molecule has 0 saturated carbocycles. The summed E-state index contributed by atoms with van der Waals surface area (Å²) < 4.78 is 0. The second-order valence-corrected chi connectivity index (χ2v) is 5.87. The standard InChI is InChI=1S/C12H17N7OS/c1-7-6-8(2)15-12(14-7)21-9(3)11(20)13-5-4-10-16-18-19-17-10/h6,9H,4-5H2,1-3H3,(H,13,20)(H,16,17,18,19)/t9-/m1/s1. The molecule has 0 aliphatic heterocycles. The monoisotopic (exact) mass is 307 g/mol. The van der Waals surface area contributed by atoms with Crippen molar-refractivity contribution in [2.75, 3.05) is 6.54 Å². The molecule has 2 aromatic rings. The molecule has 0 radical (unpaired) electrons. The first-order chi connectivity index (χ1) is 10.0. The molecule has 0 aliphatic rings. The van der Waals surface area contributed by atoms with Crippen LogP contribution in [0.25, 0.3) is 0 Å². The summed E-state index contributed by atoms with van der Waals surface area (Å²) in [6.45, 7) is 6.12. The number of carbonyl (C=O) groups excluding carboxylic acids is 1. The maximum absolute atomic E-state index is 12.0. The zero-order chi connectivity index (χ0) is 15.2. The summed E-state index contributed by atoms with van der Waals surface area (Å²) in [5, 5.41) is 16.7. The Labute approximate surface area is 126 Å². The molecule has 2 N–H and O–H groups in total. The lowest BCUT2D eigenvalue weighted by molar-refractivity contribution is -0.120. The van der Waals surface area contributed by atoms with Crippen molar-refractivity contribution in [2.24, 2.45) is 0 Å². The van der Waals surface area contributed by atoms with E-state index in [-0.39, 0.29) is 11.2 Å². The van der Waals surface area contributed by atoms with Crippen molar-refractivity contribution in [1.82, 2.24) is 35.9 Å². The molecule has 0 unspecified atom stereocenters. The van der Waals surface area contributed by atoms with Crippen molar-refractivity contribution in [2.45, 2.75) is 37.6 Å². The van der Waals surface area contributed by atoms with Gasteiger partial charge in [-0.15, -0.1) is 10.2 Å². The van der Waals surface area contributed by atoms with Crippen LogP contribution in [0.3, 0.4) is 0 Å². The molecular weight excluding hydrogens is 290 g/mol. The average Bonchev–Trinajstić information content (AvgIpc) is 2.90. The van der Waals surface area contributed by atoms with Crippen molar-refractivity contribution in [3.63, 3.8) is 0 Å². The lowest BCUT2D eigenvalue weighted by atomic mass is 10.4. The summed E-state index contributed by atoms with van der Waals surface area (Å²) in [6, 6.07) is 1.90. The van der Waals surface area contributed by atoms with Crippen LogP contribution in [0.4, 0.5) is 0 Å². The number of nitrogens with one attached hydrogen (secondary N) is 2. The van der Waals surface area contributed by atoms with Crippen LogP contribution in [0.1, 0.15) is 24.1 Å². The molecule has 0 aliphatic carbocycles. The highest BCUT2D eigenvalue weighted by Gasteiger charge is 2.16. The molecule has 2 rings (SSSR count). The molecule has 21 heavy (non-hydrogen) atoms. The highest BCUT2D eigenvalue weighted by molar-refractivity contribution is 8.00. The third-order valence-electron chi connectivity index (χ3n) is 2.65. The number of thioether (sulfide) groups is 1. The van der Waals surface area contributed by atoms with Crippen LogP contribution in [0.5, 0.6) is 0 Å². The minimum absolute atomic E-state index is 0.0637. The maximum atomic E-state index is 12.0. The Kier molecular flexibility index (Phi) is 5.20. The number of aryl methyl sites for hydroxylation is 2. The summed E-state index contributed by atoms with van der Waals surface area (Å²) in [6.07, 6.45) is 0.541. The van der Waals surface area contributed by atoms with E-state index in [4.69, 9.17) is 0 Å². The second kappa shape index (κ2) is 7.11. The topological polar surface area (TPSA) is 109 Å². The molecule has 1 amide bonds. The lowest BCUT2D eigenvalue weighted by Gasteiger charge is -2.11. The molecule has 0 fully saturated rings. The van der Waals surface area contributed by atoms with Gasteiger partial charge in [-0.3, -0.25) is 4.79 Å². The van der Waals surface area contributed by atoms with Crippen molar-refractivity contribution in [3.8, 4) is 0 Å². The van der Waals surface area contributed by atoms with Gasteiger partial charge in [0.05, 0.1) is 5.25 Å². The molecular formula is C12H17N7OS. The van der Waals surface area contributed by atoms with Crippen LogP contribution in [0, 0.1) is 13.8 Å². The van der Waals surface area contributed by atoms with Gasteiger partial charge in [0.1, 0.15) is 0 Å². The first-order valence-corrected chi connectivity index (χ1v) is 7.41. The predicted octanol–water partition coefficient (Wildman–Crippen LogP) is 0.446. The quantitative estimate of drug-likeness (QED) is 0.589. The van der Waals surface area contributed by atoms with E-state index in [1.165, 1.54) is 11.8 Å². The summed E-state index contributed by atoms with van der Waals surface area (Å²) >= 11 is 1.34. The Morgan fingerprint density at radius 1 is 1.38 bits per heavy atom. The van der Waals surface area contributed by atoms with E-state index < -0.39 is 0 Å². The maximum Gasteiger partial charge on any atom is 0.233 e. The van der Waals surface area contributed by atoms with Gasteiger partial charge in [-0.25, -0.2) is 9.97 Å². The number of aromatic nitrogens is 6. The first kappa shape index (κ1) is 15.4. The Balaban J connectivity index is 1.81. The molecule has 8 nitrogen and oxygen atoms in total. The number of rotatable bonds is 6. The van der Waals surface area contributed by atoms with E-state index >= 15 is 0 Å². The molecule has 1 atom stereocenters. The number of hydrogen-bond donors (Lipinski definition) is 2. The van der Waals surface area contributed by atoms with Gasteiger partial charge in [0.25, 0.3) is 0 Å². The molecule has 0 spiro atoms. The summed E-state index contributed by atoms with van der Waals surface area (Å²) in [5.74, 6) is 0.513. The molecule has 0 bridgehead atoms. The van der Waals surface area contributed by atoms with Crippen LogP contribution in [-0.4, -0.2) is 48.3 Å². The Hall–Kier alpha value is -2.03. The lowest BCUT2D eigenvalue weighted by Crippen LogP contribution is -2.32. The van der Waals surface area contributed by atoms with Gasteiger partial charge in [-0.1, -0.05) is 17.0 Å². The Bertz CT molecular complexity index is 581. The van der Waals surface area contributed by atoms with Crippen LogP contribution < -0.4 is 5.32 Å². The first-order valence-electron chi connectivity index (χ1n) is 6.53. The zero-order valence-corrected chi connectivity index (χ0v) is 12.9. The van der Waals surface area contributed by atoms with Gasteiger partial charge >= 0.3 is 0 Å². The summed E-state index contributed by atoms with van der Waals surface area (Å²) in [4.78, 5) is 20.6. The average molecular weight is 307 g/mol. The Morgan fingerprint density at radius 3 is 2.71 bits per heavy atom. The number of hydrogen-bond acceptors (Lipinski definition) is 7. The van der Waals surface area contributed by atoms with Gasteiger partial charge in [-0.2, -0.15) is 5.21 Å². The predicted molar refractivity (Wildman–Crippen MR) is 77.7 cm³/mol. The van der Waals surface area contributed by atoms with Gasteiger partial charge in [0, 0.05) is 24.4 Å².